The van der Waals surface area contributed by atoms with Crippen molar-refractivity contribution >= 4 is 11.9 Å². The van der Waals surface area contributed by atoms with E-state index in [1.54, 1.807) is 14.2 Å². The molecule has 1 atom stereocenters. The van der Waals surface area contributed by atoms with Gasteiger partial charge in [0, 0.05) is 18.7 Å². The molecule has 1 aromatic heterocycles. The van der Waals surface area contributed by atoms with Crippen LogP contribution in [0.3, 0.4) is 0 Å². The standard InChI is InChI=1S/C31H31N3O5/c1-20-32-24-19-34(30(35)29(22-10-6-4-7-11-22)23-12-8-5-9-13-23)26(31(36)37)17-25(24)33(20)18-21-14-15-27(38-2)28(16-21)39-3/h4-16,26,29H,17-19H2,1-3H3,(H,36,37). The van der Waals surface area contributed by atoms with Gasteiger partial charge in [0.25, 0.3) is 0 Å². The third-order valence-corrected chi connectivity index (χ3v) is 7.30. The van der Waals surface area contributed by atoms with E-state index < -0.39 is 17.9 Å². The van der Waals surface area contributed by atoms with E-state index in [0.29, 0.717) is 18.0 Å². The zero-order chi connectivity index (χ0) is 27.5. The maximum Gasteiger partial charge on any atom is 0.326 e. The Morgan fingerprint density at radius 3 is 2.13 bits per heavy atom. The second-order valence-electron chi connectivity index (χ2n) is 9.61. The van der Waals surface area contributed by atoms with E-state index in [2.05, 4.69) is 0 Å². The van der Waals surface area contributed by atoms with Gasteiger partial charge in [-0.15, -0.1) is 0 Å². The monoisotopic (exact) mass is 525 g/mol. The first-order valence-electron chi connectivity index (χ1n) is 12.8. The number of benzene rings is 3. The summed E-state index contributed by atoms with van der Waals surface area (Å²) in [5, 5.41) is 10.3. The van der Waals surface area contributed by atoms with Gasteiger partial charge in [0.05, 0.1) is 32.4 Å². The first kappa shape index (κ1) is 26.0. The van der Waals surface area contributed by atoms with Crippen LogP contribution in [0.25, 0.3) is 0 Å². The fourth-order valence-electron chi connectivity index (χ4n) is 5.35. The number of imidazole rings is 1. The number of fused-ring (bicyclic) bond motifs is 1. The summed E-state index contributed by atoms with van der Waals surface area (Å²) in [6, 6.07) is 23.7. The summed E-state index contributed by atoms with van der Waals surface area (Å²) in [4.78, 5) is 32.9. The number of aromatic nitrogens is 2. The lowest BCUT2D eigenvalue weighted by Gasteiger charge is -2.35. The first-order chi connectivity index (χ1) is 18.9. The van der Waals surface area contributed by atoms with E-state index in [1.807, 2.05) is 90.4 Å². The van der Waals surface area contributed by atoms with Crippen LogP contribution in [0, 0.1) is 6.92 Å². The van der Waals surface area contributed by atoms with Crippen LogP contribution in [-0.2, 0) is 29.1 Å². The molecule has 8 heteroatoms. The molecule has 1 aliphatic rings. The van der Waals surface area contributed by atoms with Gasteiger partial charge in [0.2, 0.25) is 5.91 Å². The number of hydrogen-bond acceptors (Lipinski definition) is 5. The molecule has 0 saturated heterocycles. The van der Waals surface area contributed by atoms with Crippen LogP contribution in [0.2, 0.25) is 0 Å². The van der Waals surface area contributed by atoms with Crippen LogP contribution in [0.4, 0.5) is 0 Å². The Hall–Kier alpha value is -4.59. The van der Waals surface area contributed by atoms with Crippen LogP contribution in [0.15, 0.2) is 78.9 Å². The minimum Gasteiger partial charge on any atom is -0.493 e. The Morgan fingerprint density at radius 2 is 1.56 bits per heavy atom. The predicted molar refractivity (Wildman–Crippen MR) is 146 cm³/mol. The number of methoxy groups -OCH3 is 2. The number of aryl methyl sites for hydroxylation is 1. The maximum absolute atomic E-state index is 14.1. The predicted octanol–water partition coefficient (Wildman–Crippen LogP) is 4.43. The summed E-state index contributed by atoms with van der Waals surface area (Å²) >= 11 is 0. The van der Waals surface area contributed by atoms with E-state index >= 15 is 0 Å². The number of ether oxygens (including phenoxy) is 2. The SMILES string of the molecule is COc1ccc(Cn2c(C)nc3c2CC(C(=O)O)N(C(=O)C(c2ccccc2)c2ccccc2)C3)cc1OC. The molecule has 0 fully saturated rings. The largest absolute Gasteiger partial charge is 0.493 e. The molecular formula is C31H31N3O5. The molecule has 0 saturated carbocycles. The molecule has 4 aromatic rings. The summed E-state index contributed by atoms with van der Waals surface area (Å²) < 4.78 is 12.8. The van der Waals surface area contributed by atoms with Crippen LogP contribution < -0.4 is 9.47 Å². The highest BCUT2D eigenvalue weighted by atomic mass is 16.5. The molecular weight excluding hydrogens is 494 g/mol. The van der Waals surface area contributed by atoms with Gasteiger partial charge >= 0.3 is 5.97 Å². The van der Waals surface area contributed by atoms with E-state index in [-0.39, 0.29) is 18.9 Å². The molecule has 200 valence electrons. The van der Waals surface area contributed by atoms with Crippen molar-refractivity contribution in [3.05, 3.63) is 113 Å². The lowest BCUT2D eigenvalue weighted by atomic mass is 9.88. The molecule has 5 rings (SSSR count). The van der Waals surface area contributed by atoms with Gasteiger partial charge in [-0.05, 0) is 35.7 Å². The summed E-state index contributed by atoms with van der Waals surface area (Å²) in [7, 11) is 3.18. The summed E-state index contributed by atoms with van der Waals surface area (Å²) in [6.45, 7) is 2.52. The van der Waals surface area contributed by atoms with Gasteiger partial charge in [0.1, 0.15) is 11.9 Å². The van der Waals surface area contributed by atoms with E-state index in [4.69, 9.17) is 14.5 Å². The number of amides is 1. The minimum atomic E-state index is -1.04. The van der Waals surface area contributed by atoms with Crippen molar-refractivity contribution in [3.8, 4) is 11.5 Å². The van der Waals surface area contributed by atoms with Gasteiger partial charge in [-0.3, -0.25) is 4.79 Å². The summed E-state index contributed by atoms with van der Waals surface area (Å²) in [5.74, 6) is 0.108. The fraction of sp³-hybridized carbons (Fsp3) is 0.258. The lowest BCUT2D eigenvalue weighted by molar-refractivity contribution is -0.151. The molecule has 1 aliphatic heterocycles. The number of carbonyl (C=O) groups excluding carboxylic acids is 1. The van der Waals surface area contributed by atoms with Crippen LogP contribution in [0.5, 0.6) is 11.5 Å². The second kappa shape index (κ2) is 11.0. The summed E-state index contributed by atoms with van der Waals surface area (Å²) in [5.41, 5.74) is 4.15. The number of aliphatic carboxylic acids is 1. The Morgan fingerprint density at radius 1 is 0.949 bits per heavy atom. The first-order valence-corrected chi connectivity index (χ1v) is 12.8. The molecule has 1 amide bonds. The van der Waals surface area contributed by atoms with Crippen LogP contribution in [0.1, 0.15) is 39.8 Å². The Balaban J connectivity index is 1.50. The Labute approximate surface area is 227 Å². The molecule has 0 bridgehead atoms. The molecule has 0 spiro atoms. The van der Waals surface area contributed by atoms with Crippen molar-refractivity contribution in [2.24, 2.45) is 0 Å². The molecule has 0 radical (unpaired) electrons. The average molecular weight is 526 g/mol. The lowest BCUT2D eigenvalue weighted by Crippen LogP contribution is -2.50. The quantitative estimate of drug-likeness (QED) is 0.366. The average Bonchev–Trinajstić information content (AvgIpc) is 3.27. The molecule has 0 aliphatic carbocycles. The highest BCUT2D eigenvalue weighted by Gasteiger charge is 2.40. The zero-order valence-corrected chi connectivity index (χ0v) is 22.2. The second-order valence-corrected chi connectivity index (χ2v) is 9.61. The van der Waals surface area contributed by atoms with Crippen LogP contribution in [-0.4, -0.2) is 51.7 Å². The fourth-order valence-corrected chi connectivity index (χ4v) is 5.35. The van der Waals surface area contributed by atoms with Gasteiger partial charge < -0.3 is 24.0 Å². The molecule has 2 heterocycles. The van der Waals surface area contributed by atoms with Gasteiger partial charge in [-0.2, -0.15) is 0 Å². The molecule has 3 aromatic carbocycles. The molecule has 1 N–H and O–H groups in total. The number of carbonyl (C=O) groups is 2. The summed E-state index contributed by atoms with van der Waals surface area (Å²) in [6.07, 6.45) is 0.167. The van der Waals surface area contributed by atoms with Crippen molar-refractivity contribution in [3.63, 3.8) is 0 Å². The zero-order valence-electron chi connectivity index (χ0n) is 22.2. The normalized spacial score (nSPS) is 14.7. The number of rotatable bonds is 8. The van der Waals surface area contributed by atoms with E-state index in [0.717, 1.165) is 33.9 Å². The van der Waals surface area contributed by atoms with Crippen molar-refractivity contribution in [1.29, 1.82) is 0 Å². The molecule has 1 unspecified atom stereocenters. The van der Waals surface area contributed by atoms with Gasteiger partial charge in [-0.1, -0.05) is 66.7 Å². The van der Waals surface area contributed by atoms with Gasteiger partial charge in [0.15, 0.2) is 11.5 Å². The Kier molecular flexibility index (Phi) is 7.36. The topological polar surface area (TPSA) is 93.9 Å². The van der Waals surface area contributed by atoms with E-state index in [9.17, 15) is 14.7 Å². The Bertz CT molecular complexity index is 1440. The van der Waals surface area contributed by atoms with Crippen molar-refractivity contribution in [2.75, 3.05) is 14.2 Å². The number of carboxylic acid groups (broad SMARTS) is 1. The maximum atomic E-state index is 14.1. The number of hydrogen-bond donors (Lipinski definition) is 1. The minimum absolute atomic E-state index is 0.126. The van der Waals surface area contributed by atoms with Gasteiger partial charge in [-0.25, -0.2) is 9.78 Å². The van der Waals surface area contributed by atoms with Crippen molar-refractivity contribution < 1.29 is 24.2 Å². The smallest absolute Gasteiger partial charge is 0.326 e. The number of carboxylic acids is 1. The molecule has 8 nitrogen and oxygen atoms in total. The van der Waals surface area contributed by atoms with Crippen molar-refractivity contribution in [2.45, 2.75) is 38.4 Å². The van der Waals surface area contributed by atoms with E-state index in [1.165, 1.54) is 4.90 Å². The molecule has 39 heavy (non-hydrogen) atoms. The number of nitrogens with zero attached hydrogens (tertiary/aromatic N) is 3. The van der Waals surface area contributed by atoms with Crippen molar-refractivity contribution in [1.82, 2.24) is 14.5 Å². The highest BCUT2D eigenvalue weighted by Crippen LogP contribution is 2.33. The highest BCUT2D eigenvalue weighted by molar-refractivity contribution is 5.91. The van der Waals surface area contributed by atoms with Crippen LogP contribution >= 0.6 is 0 Å². The third kappa shape index (κ3) is 5.10. The third-order valence-electron chi connectivity index (χ3n) is 7.30.